The van der Waals surface area contributed by atoms with Gasteiger partial charge in [0.05, 0.1) is 6.26 Å². The van der Waals surface area contributed by atoms with E-state index in [0.29, 0.717) is 5.92 Å². The highest BCUT2D eigenvalue weighted by Gasteiger charge is 2.08. The Bertz CT molecular complexity index is 207. The third-order valence-corrected chi connectivity index (χ3v) is 2.86. The van der Waals surface area contributed by atoms with Crippen LogP contribution in [-0.4, -0.2) is 5.97 Å². The van der Waals surface area contributed by atoms with Crippen LogP contribution in [0.25, 0.3) is 0 Å². The predicted octanol–water partition coefficient (Wildman–Crippen LogP) is 3.77. The summed E-state index contributed by atoms with van der Waals surface area (Å²) in [5.74, 6) is 1.73. The maximum atomic E-state index is 10.5. The van der Waals surface area contributed by atoms with Gasteiger partial charge in [-0.15, -0.1) is 0 Å². The average molecular weight is 212 g/mol. The molecule has 0 saturated carbocycles. The molecule has 0 N–H and O–H groups in total. The van der Waals surface area contributed by atoms with Crippen molar-refractivity contribution in [2.24, 2.45) is 17.8 Å². The fourth-order valence-electron chi connectivity index (χ4n) is 1.22. The number of esters is 1. The summed E-state index contributed by atoms with van der Waals surface area (Å²) in [4.78, 5) is 10.5. The molecule has 0 bridgehead atoms. The minimum Gasteiger partial charge on any atom is -0.435 e. The maximum absolute atomic E-state index is 10.5. The SMILES string of the molecule is CC(=O)OC=CC(C)CCC(C)C(C)C. The molecule has 0 aromatic carbocycles. The molecule has 0 heterocycles. The van der Waals surface area contributed by atoms with Crippen LogP contribution in [0.4, 0.5) is 0 Å². The molecule has 0 aliphatic carbocycles. The van der Waals surface area contributed by atoms with Crippen molar-refractivity contribution in [1.82, 2.24) is 0 Å². The van der Waals surface area contributed by atoms with Gasteiger partial charge in [-0.05, 0) is 36.7 Å². The van der Waals surface area contributed by atoms with E-state index in [1.807, 2.05) is 6.08 Å². The lowest BCUT2D eigenvalue weighted by Crippen LogP contribution is -2.05. The molecule has 0 saturated heterocycles. The number of carbonyl (C=O) groups excluding carboxylic acids is 1. The second-order valence-electron chi connectivity index (χ2n) is 4.71. The molecule has 0 aliphatic rings. The largest absolute Gasteiger partial charge is 0.435 e. The van der Waals surface area contributed by atoms with Crippen LogP contribution in [-0.2, 0) is 9.53 Å². The first-order valence-electron chi connectivity index (χ1n) is 5.77. The van der Waals surface area contributed by atoms with Gasteiger partial charge in [0.1, 0.15) is 0 Å². The Morgan fingerprint density at radius 1 is 1.20 bits per heavy atom. The van der Waals surface area contributed by atoms with E-state index in [-0.39, 0.29) is 5.97 Å². The molecule has 2 nitrogen and oxygen atoms in total. The van der Waals surface area contributed by atoms with E-state index in [1.54, 1.807) is 0 Å². The molecule has 2 atom stereocenters. The van der Waals surface area contributed by atoms with Gasteiger partial charge in [-0.3, -0.25) is 4.79 Å². The van der Waals surface area contributed by atoms with Crippen LogP contribution in [0.2, 0.25) is 0 Å². The summed E-state index contributed by atoms with van der Waals surface area (Å²) in [6.45, 7) is 10.4. The van der Waals surface area contributed by atoms with Crippen molar-refractivity contribution in [3.8, 4) is 0 Å². The number of ether oxygens (including phenoxy) is 1. The molecule has 0 spiro atoms. The quantitative estimate of drug-likeness (QED) is 0.495. The van der Waals surface area contributed by atoms with Crippen LogP contribution in [0, 0.1) is 17.8 Å². The molecule has 0 aromatic heterocycles. The second kappa shape index (κ2) is 7.49. The van der Waals surface area contributed by atoms with Gasteiger partial charge in [0.2, 0.25) is 0 Å². The van der Waals surface area contributed by atoms with Crippen LogP contribution in [0.5, 0.6) is 0 Å². The summed E-state index contributed by atoms with van der Waals surface area (Å²) in [7, 11) is 0. The minimum absolute atomic E-state index is 0.256. The van der Waals surface area contributed by atoms with Gasteiger partial charge in [-0.2, -0.15) is 0 Å². The molecule has 2 unspecified atom stereocenters. The standard InChI is InChI=1S/C13H24O2/c1-10(2)12(4)7-6-11(3)8-9-15-13(5)14/h8-12H,6-7H2,1-5H3. The van der Waals surface area contributed by atoms with Crippen LogP contribution in [0.1, 0.15) is 47.5 Å². The summed E-state index contributed by atoms with van der Waals surface area (Å²) in [6, 6.07) is 0. The second-order valence-corrected chi connectivity index (χ2v) is 4.71. The Morgan fingerprint density at radius 2 is 1.80 bits per heavy atom. The molecular formula is C13H24O2. The monoisotopic (exact) mass is 212 g/mol. The summed E-state index contributed by atoms with van der Waals surface area (Å²) in [6.07, 6.45) is 5.84. The number of hydrogen-bond donors (Lipinski definition) is 0. The highest BCUT2D eigenvalue weighted by Crippen LogP contribution is 2.19. The first-order chi connectivity index (χ1) is 6.93. The molecule has 2 heteroatoms. The first-order valence-corrected chi connectivity index (χ1v) is 5.77. The number of carbonyl (C=O) groups is 1. The number of rotatable bonds is 6. The van der Waals surface area contributed by atoms with E-state index in [1.165, 1.54) is 19.6 Å². The highest BCUT2D eigenvalue weighted by molar-refractivity contribution is 5.66. The van der Waals surface area contributed by atoms with Gasteiger partial charge in [-0.1, -0.05) is 27.7 Å². The minimum atomic E-state index is -0.256. The van der Waals surface area contributed by atoms with Gasteiger partial charge in [0, 0.05) is 6.92 Å². The van der Waals surface area contributed by atoms with Gasteiger partial charge in [0.25, 0.3) is 0 Å². The normalized spacial score (nSPS) is 15.6. The van der Waals surface area contributed by atoms with E-state index in [2.05, 4.69) is 27.7 Å². The van der Waals surface area contributed by atoms with Gasteiger partial charge in [0.15, 0.2) is 0 Å². The molecule has 0 aromatic rings. The van der Waals surface area contributed by atoms with Gasteiger partial charge >= 0.3 is 5.97 Å². The van der Waals surface area contributed by atoms with E-state index >= 15 is 0 Å². The first kappa shape index (κ1) is 14.2. The van der Waals surface area contributed by atoms with Crippen LogP contribution in [0.3, 0.4) is 0 Å². The van der Waals surface area contributed by atoms with Crippen molar-refractivity contribution in [3.63, 3.8) is 0 Å². The molecule has 0 amide bonds. The topological polar surface area (TPSA) is 26.3 Å². The Balaban J connectivity index is 3.69. The van der Waals surface area contributed by atoms with Crippen molar-refractivity contribution in [2.45, 2.75) is 47.5 Å². The Kier molecular flexibility index (Phi) is 7.10. The van der Waals surface area contributed by atoms with Crippen molar-refractivity contribution in [1.29, 1.82) is 0 Å². The predicted molar refractivity (Wildman–Crippen MR) is 63.3 cm³/mol. The van der Waals surface area contributed by atoms with E-state index in [0.717, 1.165) is 18.3 Å². The molecule has 0 radical (unpaired) electrons. The third kappa shape index (κ3) is 8.22. The molecular weight excluding hydrogens is 188 g/mol. The number of hydrogen-bond acceptors (Lipinski definition) is 2. The molecule has 0 rings (SSSR count). The Morgan fingerprint density at radius 3 is 2.27 bits per heavy atom. The van der Waals surface area contributed by atoms with Crippen molar-refractivity contribution in [3.05, 3.63) is 12.3 Å². The van der Waals surface area contributed by atoms with E-state index in [4.69, 9.17) is 4.74 Å². The maximum Gasteiger partial charge on any atom is 0.307 e. The van der Waals surface area contributed by atoms with Crippen LogP contribution >= 0.6 is 0 Å². The summed E-state index contributed by atoms with van der Waals surface area (Å²) in [5, 5.41) is 0. The van der Waals surface area contributed by atoms with Crippen LogP contribution < -0.4 is 0 Å². The van der Waals surface area contributed by atoms with Crippen molar-refractivity contribution in [2.75, 3.05) is 0 Å². The van der Waals surface area contributed by atoms with Crippen molar-refractivity contribution < 1.29 is 9.53 Å². The molecule has 0 fully saturated rings. The lowest BCUT2D eigenvalue weighted by Gasteiger charge is -2.16. The highest BCUT2D eigenvalue weighted by atomic mass is 16.5. The van der Waals surface area contributed by atoms with Gasteiger partial charge in [-0.25, -0.2) is 0 Å². The zero-order valence-corrected chi connectivity index (χ0v) is 10.6. The van der Waals surface area contributed by atoms with E-state index < -0.39 is 0 Å². The third-order valence-electron chi connectivity index (χ3n) is 2.86. The molecule has 0 aliphatic heterocycles. The lowest BCUT2D eigenvalue weighted by atomic mass is 9.90. The zero-order chi connectivity index (χ0) is 11.8. The Labute approximate surface area is 93.7 Å². The van der Waals surface area contributed by atoms with Gasteiger partial charge < -0.3 is 4.74 Å². The summed E-state index contributed by atoms with van der Waals surface area (Å²) >= 11 is 0. The average Bonchev–Trinajstić information content (AvgIpc) is 2.13. The number of allylic oxidation sites excluding steroid dienone is 1. The van der Waals surface area contributed by atoms with E-state index in [9.17, 15) is 4.79 Å². The molecule has 88 valence electrons. The molecule has 15 heavy (non-hydrogen) atoms. The van der Waals surface area contributed by atoms with Crippen LogP contribution in [0.15, 0.2) is 12.3 Å². The fraction of sp³-hybridized carbons (Fsp3) is 0.769. The summed E-state index contributed by atoms with van der Waals surface area (Å²) < 4.78 is 4.75. The van der Waals surface area contributed by atoms with Crippen molar-refractivity contribution >= 4 is 5.97 Å². The smallest absolute Gasteiger partial charge is 0.307 e. The lowest BCUT2D eigenvalue weighted by molar-refractivity contribution is -0.135. The Hall–Kier alpha value is -0.790. The fourth-order valence-corrected chi connectivity index (χ4v) is 1.22. The zero-order valence-electron chi connectivity index (χ0n) is 10.6. The summed E-state index contributed by atoms with van der Waals surface area (Å²) in [5.41, 5.74) is 0.